The molecule has 1 aromatic heterocycles. The first-order chi connectivity index (χ1) is 9.70. The zero-order valence-electron chi connectivity index (χ0n) is 11.0. The zero-order valence-corrected chi connectivity index (χ0v) is 12.5. The van der Waals surface area contributed by atoms with Crippen molar-refractivity contribution >= 4 is 33.3 Å². The molecule has 3 N–H and O–H groups in total. The molecule has 0 spiro atoms. The minimum atomic E-state index is 0.242. The Bertz CT molecular complexity index is 604. The highest BCUT2D eigenvalue weighted by Gasteiger charge is 2.20. The van der Waals surface area contributed by atoms with Crippen LogP contribution in [0.15, 0.2) is 41.1 Å². The lowest BCUT2D eigenvalue weighted by Gasteiger charge is -2.17. The van der Waals surface area contributed by atoms with E-state index in [-0.39, 0.29) is 6.04 Å². The smallest absolute Gasteiger partial charge is 0.135 e. The molecule has 2 heterocycles. The second-order valence-electron chi connectivity index (χ2n) is 4.89. The minimum absolute atomic E-state index is 0.242. The number of anilines is 3. The Hall–Kier alpha value is -1.66. The van der Waals surface area contributed by atoms with Gasteiger partial charge < -0.3 is 16.0 Å². The normalized spacial score (nSPS) is 18.3. The maximum atomic E-state index is 5.93. The van der Waals surface area contributed by atoms with Gasteiger partial charge in [0.25, 0.3) is 0 Å². The Balaban J connectivity index is 1.77. The number of benzene rings is 1. The molecule has 0 saturated carbocycles. The molecule has 0 amide bonds. The maximum absolute atomic E-state index is 5.93. The summed E-state index contributed by atoms with van der Waals surface area (Å²) in [6, 6.07) is 10.2. The summed E-state index contributed by atoms with van der Waals surface area (Å²) in [7, 11) is 0. The summed E-state index contributed by atoms with van der Waals surface area (Å²) in [5.74, 6) is 1.71. The van der Waals surface area contributed by atoms with E-state index in [2.05, 4.69) is 36.1 Å². The summed E-state index contributed by atoms with van der Waals surface area (Å²) in [5, 5.41) is 3.28. The molecule has 2 aromatic rings. The van der Waals surface area contributed by atoms with Crippen LogP contribution in [-0.4, -0.2) is 29.1 Å². The van der Waals surface area contributed by atoms with Crippen LogP contribution in [0.2, 0.25) is 0 Å². The van der Waals surface area contributed by atoms with Crippen molar-refractivity contribution in [3.05, 3.63) is 41.1 Å². The van der Waals surface area contributed by atoms with E-state index in [1.165, 1.54) is 0 Å². The molecule has 0 radical (unpaired) electrons. The molecule has 20 heavy (non-hydrogen) atoms. The van der Waals surface area contributed by atoms with Gasteiger partial charge in [0.15, 0.2) is 0 Å². The van der Waals surface area contributed by atoms with Gasteiger partial charge in [0.05, 0.1) is 0 Å². The fourth-order valence-corrected chi connectivity index (χ4v) is 2.70. The van der Waals surface area contributed by atoms with E-state index in [4.69, 9.17) is 5.73 Å². The third kappa shape index (κ3) is 3.08. The summed E-state index contributed by atoms with van der Waals surface area (Å²) in [5.41, 5.74) is 6.92. The molecule has 0 aliphatic carbocycles. The van der Waals surface area contributed by atoms with Gasteiger partial charge >= 0.3 is 0 Å². The van der Waals surface area contributed by atoms with E-state index in [1.54, 1.807) is 6.33 Å². The average molecular weight is 334 g/mol. The Morgan fingerprint density at radius 3 is 2.95 bits per heavy atom. The number of nitrogens with one attached hydrogen (secondary N) is 1. The SMILES string of the molecule is NC1CCN(c2cc(Nc3cccc(Br)c3)ncn2)C1. The molecule has 3 rings (SSSR count). The maximum Gasteiger partial charge on any atom is 0.135 e. The molecule has 1 aliphatic heterocycles. The molecule has 1 fully saturated rings. The second-order valence-corrected chi connectivity index (χ2v) is 5.81. The lowest BCUT2D eigenvalue weighted by molar-refractivity contribution is 0.751. The Morgan fingerprint density at radius 2 is 2.20 bits per heavy atom. The van der Waals surface area contributed by atoms with Crippen LogP contribution in [0.1, 0.15) is 6.42 Å². The monoisotopic (exact) mass is 333 g/mol. The Kier molecular flexibility index (Phi) is 3.84. The molecule has 1 unspecified atom stereocenters. The highest BCUT2D eigenvalue weighted by atomic mass is 79.9. The van der Waals surface area contributed by atoms with Crippen LogP contribution >= 0.6 is 15.9 Å². The number of nitrogens with two attached hydrogens (primary N) is 1. The van der Waals surface area contributed by atoms with Gasteiger partial charge in [-0.25, -0.2) is 9.97 Å². The summed E-state index contributed by atoms with van der Waals surface area (Å²) in [4.78, 5) is 10.8. The lowest BCUT2D eigenvalue weighted by Crippen LogP contribution is -2.26. The Morgan fingerprint density at radius 1 is 1.30 bits per heavy atom. The standard InChI is InChI=1S/C14H16BrN5/c15-10-2-1-3-12(6-10)19-13-7-14(18-9-17-13)20-5-4-11(16)8-20/h1-3,6-7,9,11H,4-5,8,16H2,(H,17,18,19). The van der Waals surface area contributed by atoms with E-state index < -0.39 is 0 Å². The highest BCUT2D eigenvalue weighted by molar-refractivity contribution is 9.10. The first-order valence-corrected chi connectivity index (χ1v) is 7.35. The number of aromatic nitrogens is 2. The van der Waals surface area contributed by atoms with E-state index in [0.717, 1.165) is 41.3 Å². The van der Waals surface area contributed by atoms with E-state index in [1.807, 2.05) is 30.3 Å². The van der Waals surface area contributed by atoms with Gasteiger partial charge in [-0.05, 0) is 24.6 Å². The largest absolute Gasteiger partial charge is 0.355 e. The number of nitrogens with zero attached hydrogens (tertiary/aromatic N) is 3. The molecule has 6 heteroatoms. The topological polar surface area (TPSA) is 67.1 Å². The Labute approximate surface area is 126 Å². The van der Waals surface area contributed by atoms with Crippen molar-refractivity contribution in [2.45, 2.75) is 12.5 Å². The third-order valence-corrected chi connectivity index (χ3v) is 3.79. The van der Waals surface area contributed by atoms with Crippen LogP contribution in [-0.2, 0) is 0 Å². The van der Waals surface area contributed by atoms with Gasteiger partial charge in [-0.2, -0.15) is 0 Å². The van der Waals surface area contributed by atoms with Gasteiger partial charge in [0.2, 0.25) is 0 Å². The molecular formula is C14H16BrN5. The predicted molar refractivity (Wildman–Crippen MR) is 84.3 cm³/mol. The minimum Gasteiger partial charge on any atom is -0.355 e. The van der Waals surface area contributed by atoms with Crippen LogP contribution < -0.4 is 16.0 Å². The van der Waals surface area contributed by atoms with Gasteiger partial charge in [-0.1, -0.05) is 22.0 Å². The number of hydrogen-bond acceptors (Lipinski definition) is 5. The van der Waals surface area contributed by atoms with E-state index in [0.29, 0.717) is 0 Å². The number of rotatable bonds is 3. The van der Waals surface area contributed by atoms with Crippen molar-refractivity contribution in [2.24, 2.45) is 5.73 Å². The van der Waals surface area contributed by atoms with Gasteiger partial charge in [0.1, 0.15) is 18.0 Å². The molecule has 1 aromatic carbocycles. The highest BCUT2D eigenvalue weighted by Crippen LogP contribution is 2.22. The molecular weight excluding hydrogens is 318 g/mol. The fraction of sp³-hybridized carbons (Fsp3) is 0.286. The van der Waals surface area contributed by atoms with Crippen molar-refractivity contribution in [1.82, 2.24) is 9.97 Å². The van der Waals surface area contributed by atoms with Crippen LogP contribution in [0.25, 0.3) is 0 Å². The van der Waals surface area contributed by atoms with E-state index in [9.17, 15) is 0 Å². The van der Waals surface area contributed by atoms with Gasteiger partial charge in [-0.3, -0.25) is 0 Å². The van der Waals surface area contributed by atoms with Crippen molar-refractivity contribution in [1.29, 1.82) is 0 Å². The van der Waals surface area contributed by atoms with E-state index >= 15 is 0 Å². The summed E-state index contributed by atoms with van der Waals surface area (Å²) in [6.45, 7) is 1.81. The second kappa shape index (κ2) is 5.76. The average Bonchev–Trinajstić information content (AvgIpc) is 2.86. The van der Waals surface area contributed by atoms with Crippen molar-refractivity contribution in [2.75, 3.05) is 23.3 Å². The third-order valence-electron chi connectivity index (χ3n) is 3.30. The van der Waals surface area contributed by atoms with Crippen molar-refractivity contribution in [3.63, 3.8) is 0 Å². The molecule has 1 atom stereocenters. The molecule has 1 saturated heterocycles. The quantitative estimate of drug-likeness (QED) is 0.903. The number of halogens is 1. The lowest BCUT2D eigenvalue weighted by atomic mass is 10.3. The van der Waals surface area contributed by atoms with Gasteiger partial charge in [-0.15, -0.1) is 0 Å². The number of hydrogen-bond donors (Lipinski definition) is 2. The summed E-state index contributed by atoms with van der Waals surface area (Å²) >= 11 is 3.46. The van der Waals surface area contributed by atoms with Gasteiger partial charge in [0, 0.05) is 35.4 Å². The first kappa shape index (κ1) is 13.3. The molecule has 104 valence electrons. The van der Waals surface area contributed by atoms with Crippen LogP contribution in [0.3, 0.4) is 0 Å². The summed E-state index contributed by atoms with van der Waals surface area (Å²) < 4.78 is 1.03. The van der Waals surface area contributed by atoms with Crippen LogP contribution in [0, 0.1) is 0 Å². The van der Waals surface area contributed by atoms with Crippen LogP contribution in [0.4, 0.5) is 17.3 Å². The molecule has 0 bridgehead atoms. The molecule has 5 nitrogen and oxygen atoms in total. The van der Waals surface area contributed by atoms with Crippen molar-refractivity contribution < 1.29 is 0 Å². The zero-order chi connectivity index (χ0) is 13.9. The van der Waals surface area contributed by atoms with Crippen molar-refractivity contribution in [3.8, 4) is 0 Å². The summed E-state index contributed by atoms with van der Waals surface area (Å²) in [6.07, 6.45) is 2.60. The predicted octanol–water partition coefficient (Wildman–Crippen LogP) is 2.52. The van der Waals surface area contributed by atoms with Crippen LogP contribution in [0.5, 0.6) is 0 Å². The molecule has 1 aliphatic rings. The fourth-order valence-electron chi connectivity index (χ4n) is 2.30. The first-order valence-electron chi connectivity index (χ1n) is 6.56.